The fourth-order valence-corrected chi connectivity index (χ4v) is 1.84. The summed E-state index contributed by atoms with van der Waals surface area (Å²) < 4.78 is 10.5. The Bertz CT molecular complexity index is 188. The average molecular weight is 175 g/mol. The largest absolute Gasteiger partial charge is 0.396 e. The molecular formula is C7H13NO4. The first-order valence-electron chi connectivity index (χ1n) is 4.02. The van der Waals surface area contributed by atoms with Crippen LogP contribution in [0.3, 0.4) is 0 Å². The molecule has 0 saturated carbocycles. The van der Waals surface area contributed by atoms with E-state index in [1.165, 1.54) is 0 Å². The number of fused-ring (bicyclic) bond motifs is 1. The summed E-state index contributed by atoms with van der Waals surface area (Å²) in [5.74, 6) is -0.223. The van der Waals surface area contributed by atoms with Crippen LogP contribution in [-0.2, 0) is 9.47 Å². The van der Waals surface area contributed by atoms with Crippen molar-refractivity contribution in [3.63, 3.8) is 0 Å². The Morgan fingerprint density at radius 2 is 2.25 bits per heavy atom. The minimum absolute atomic E-state index is 0.0697. The number of rotatable bonds is 1. The number of aliphatic hydroxyl groups is 2. The van der Waals surface area contributed by atoms with Crippen molar-refractivity contribution in [2.75, 3.05) is 19.8 Å². The monoisotopic (exact) mass is 175 g/mol. The summed E-state index contributed by atoms with van der Waals surface area (Å²) in [6, 6.07) is 0. The van der Waals surface area contributed by atoms with Crippen LogP contribution in [0, 0.1) is 5.92 Å². The molecule has 2 heterocycles. The standard InChI is InChI=1S/C7H13NO4/c8-7-4(1-9)2-11-6(7)5(10)3-12-7/h4-6,9-10H,1-3,8H2/t4?,5?,6-,7-/m1/s1. The number of hydrogen-bond acceptors (Lipinski definition) is 5. The SMILES string of the molecule is N[C@]12OCC(O)[C@H]1OCC2CO. The van der Waals surface area contributed by atoms with E-state index in [2.05, 4.69) is 0 Å². The van der Waals surface area contributed by atoms with E-state index < -0.39 is 17.9 Å². The molecule has 2 fully saturated rings. The zero-order valence-electron chi connectivity index (χ0n) is 6.64. The van der Waals surface area contributed by atoms with Gasteiger partial charge in [-0.1, -0.05) is 0 Å². The maximum Gasteiger partial charge on any atom is 0.153 e. The molecule has 0 radical (unpaired) electrons. The molecule has 2 aliphatic heterocycles. The second-order valence-corrected chi connectivity index (χ2v) is 3.37. The van der Waals surface area contributed by atoms with Crippen LogP contribution in [-0.4, -0.2) is 48.0 Å². The molecule has 0 spiro atoms. The molecule has 4 N–H and O–H groups in total. The summed E-state index contributed by atoms with van der Waals surface area (Å²) >= 11 is 0. The van der Waals surface area contributed by atoms with Gasteiger partial charge in [-0.25, -0.2) is 0 Å². The average Bonchev–Trinajstić information content (AvgIpc) is 2.50. The molecule has 5 heteroatoms. The highest BCUT2D eigenvalue weighted by Crippen LogP contribution is 2.36. The predicted octanol–water partition coefficient (Wildman–Crippen LogP) is -1.96. The van der Waals surface area contributed by atoms with E-state index in [0.717, 1.165) is 0 Å². The zero-order valence-corrected chi connectivity index (χ0v) is 6.64. The highest BCUT2D eigenvalue weighted by atomic mass is 16.6. The summed E-state index contributed by atoms with van der Waals surface area (Å²) in [7, 11) is 0. The van der Waals surface area contributed by atoms with Gasteiger partial charge in [-0.05, 0) is 0 Å². The molecular weight excluding hydrogens is 162 g/mol. The van der Waals surface area contributed by atoms with Gasteiger partial charge in [0.05, 0.1) is 25.7 Å². The Morgan fingerprint density at radius 1 is 1.50 bits per heavy atom. The van der Waals surface area contributed by atoms with E-state index in [0.29, 0.717) is 6.61 Å². The molecule has 5 nitrogen and oxygen atoms in total. The molecule has 0 aliphatic carbocycles. The molecule has 2 saturated heterocycles. The second-order valence-electron chi connectivity index (χ2n) is 3.37. The predicted molar refractivity (Wildman–Crippen MR) is 39.2 cm³/mol. The molecule has 2 rings (SSSR count). The first-order valence-corrected chi connectivity index (χ1v) is 4.02. The van der Waals surface area contributed by atoms with Crippen molar-refractivity contribution in [1.82, 2.24) is 0 Å². The van der Waals surface area contributed by atoms with Crippen LogP contribution in [0.1, 0.15) is 0 Å². The van der Waals surface area contributed by atoms with Gasteiger partial charge in [0, 0.05) is 0 Å². The first-order chi connectivity index (χ1) is 5.68. The van der Waals surface area contributed by atoms with Crippen molar-refractivity contribution in [3.05, 3.63) is 0 Å². The quantitative estimate of drug-likeness (QED) is 0.431. The van der Waals surface area contributed by atoms with Crippen LogP contribution < -0.4 is 5.73 Å². The Morgan fingerprint density at radius 3 is 2.92 bits per heavy atom. The van der Waals surface area contributed by atoms with Gasteiger partial charge in [-0.2, -0.15) is 0 Å². The molecule has 2 unspecified atom stereocenters. The van der Waals surface area contributed by atoms with Crippen molar-refractivity contribution < 1.29 is 19.7 Å². The van der Waals surface area contributed by atoms with E-state index in [9.17, 15) is 5.11 Å². The van der Waals surface area contributed by atoms with Gasteiger partial charge in [-0.3, -0.25) is 0 Å². The number of nitrogens with two attached hydrogens (primary N) is 1. The molecule has 0 aromatic carbocycles. The van der Waals surface area contributed by atoms with E-state index in [1.54, 1.807) is 0 Å². The second kappa shape index (κ2) is 2.65. The van der Waals surface area contributed by atoms with Crippen molar-refractivity contribution in [1.29, 1.82) is 0 Å². The van der Waals surface area contributed by atoms with Crippen LogP contribution >= 0.6 is 0 Å². The van der Waals surface area contributed by atoms with Crippen molar-refractivity contribution >= 4 is 0 Å². The highest BCUT2D eigenvalue weighted by molar-refractivity contribution is 5.02. The summed E-state index contributed by atoms with van der Waals surface area (Å²) in [6.07, 6.45) is -1.14. The van der Waals surface area contributed by atoms with Crippen molar-refractivity contribution in [3.8, 4) is 0 Å². The van der Waals surface area contributed by atoms with Gasteiger partial charge < -0.3 is 25.4 Å². The number of hydrogen-bond donors (Lipinski definition) is 3. The summed E-state index contributed by atoms with van der Waals surface area (Å²) in [4.78, 5) is 0. The third-order valence-electron chi connectivity index (χ3n) is 2.63. The van der Waals surface area contributed by atoms with E-state index in [4.69, 9.17) is 20.3 Å². The minimum atomic E-state index is -0.978. The van der Waals surface area contributed by atoms with E-state index in [-0.39, 0.29) is 19.1 Å². The fraction of sp³-hybridized carbons (Fsp3) is 1.00. The lowest BCUT2D eigenvalue weighted by Gasteiger charge is -2.26. The molecule has 0 aromatic heterocycles. The van der Waals surface area contributed by atoms with Gasteiger partial charge in [-0.15, -0.1) is 0 Å². The lowest BCUT2D eigenvalue weighted by Crippen LogP contribution is -2.53. The summed E-state index contributed by atoms with van der Waals surface area (Å²) in [6.45, 7) is 0.478. The molecule has 2 aliphatic rings. The summed E-state index contributed by atoms with van der Waals surface area (Å²) in [5.41, 5.74) is 4.86. The molecule has 12 heavy (non-hydrogen) atoms. The van der Waals surface area contributed by atoms with Crippen LogP contribution in [0.4, 0.5) is 0 Å². The third kappa shape index (κ3) is 0.915. The van der Waals surface area contributed by atoms with Crippen LogP contribution in [0.15, 0.2) is 0 Å². The van der Waals surface area contributed by atoms with Crippen molar-refractivity contribution in [2.45, 2.75) is 17.9 Å². The van der Waals surface area contributed by atoms with Gasteiger partial charge in [0.2, 0.25) is 0 Å². The summed E-state index contributed by atoms with van der Waals surface area (Å²) in [5, 5.41) is 18.3. The zero-order chi connectivity index (χ0) is 8.77. The maximum atomic E-state index is 9.37. The highest BCUT2D eigenvalue weighted by Gasteiger charge is 2.57. The molecule has 70 valence electrons. The van der Waals surface area contributed by atoms with Crippen LogP contribution in [0.2, 0.25) is 0 Å². The lowest BCUT2D eigenvalue weighted by molar-refractivity contribution is -0.0496. The van der Waals surface area contributed by atoms with Crippen LogP contribution in [0.5, 0.6) is 0 Å². The minimum Gasteiger partial charge on any atom is -0.396 e. The topological polar surface area (TPSA) is 84.9 Å². The Balaban J connectivity index is 2.19. The molecule has 4 atom stereocenters. The van der Waals surface area contributed by atoms with Gasteiger partial charge >= 0.3 is 0 Å². The van der Waals surface area contributed by atoms with Crippen molar-refractivity contribution in [2.24, 2.45) is 11.7 Å². The maximum absolute atomic E-state index is 9.37. The smallest absolute Gasteiger partial charge is 0.153 e. The van der Waals surface area contributed by atoms with E-state index >= 15 is 0 Å². The number of aliphatic hydroxyl groups excluding tert-OH is 2. The number of ether oxygens (including phenoxy) is 2. The van der Waals surface area contributed by atoms with Crippen LogP contribution in [0.25, 0.3) is 0 Å². The van der Waals surface area contributed by atoms with Gasteiger partial charge in [0.1, 0.15) is 12.2 Å². The normalized spacial score (nSPS) is 52.8. The Kier molecular flexibility index (Phi) is 1.85. The fourth-order valence-electron chi connectivity index (χ4n) is 1.84. The Hall–Kier alpha value is -0.200. The Labute approximate surface area is 70.1 Å². The molecule has 0 amide bonds. The lowest BCUT2D eigenvalue weighted by atomic mass is 9.95. The molecule has 0 bridgehead atoms. The van der Waals surface area contributed by atoms with E-state index in [1.807, 2.05) is 0 Å². The third-order valence-corrected chi connectivity index (χ3v) is 2.63. The van der Waals surface area contributed by atoms with Gasteiger partial charge in [0.15, 0.2) is 5.72 Å². The molecule has 0 aromatic rings. The van der Waals surface area contributed by atoms with Gasteiger partial charge in [0.25, 0.3) is 0 Å². The first kappa shape index (κ1) is 8.40.